The molecule has 0 fully saturated rings. The molecule has 1 atom stereocenters. The zero-order chi connectivity index (χ0) is 13.8. The molecule has 1 unspecified atom stereocenters. The molecule has 0 aliphatic carbocycles. The predicted octanol–water partition coefficient (Wildman–Crippen LogP) is 5.18. The monoisotopic (exact) mass is 339 g/mol. The molecule has 19 heavy (non-hydrogen) atoms. The minimum Gasteiger partial charge on any atom is -0.455 e. The Morgan fingerprint density at radius 2 is 1.89 bits per heavy atom. The fraction of sp³-hybridized carbons (Fsp3) is 0.200. The number of benzene rings is 2. The molecule has 2 nitrogen and oxygen atoms in total. The van der Waals surface area contributed by atoms with E-state index in [0.29, 0.717) is 16.8 Å². The highest BCUT2D eigenvalue weighted by atomic mass is 79.9. The van der Waals surface area contributed by atoms with Crippen LogP contribution in [0.5, 0.6) is 11.5 Å². The Bertz CT molecular complexity index is 574. The van der Waals surface area contributed by atoms with Gasteiger partial charge in [0.1, 0.15) is 11.5 Å². The smallest absolute Gasteiger partial charge is 0.146 e. The van der Waals surface area contributed by atoms with Gasteiger partial charge in [-0.05, 0) is 59.7 Å². The lowest BCUT2D eigenvalue weighted by atomic mass is 10.1. The van der Waals surface area contributed by atoms with E-state index >= 15 is 0 Å². The molecule has 0 spiro atoms. The van der Waals surface area contributed by atoms with E-state index in [2.05, 4.69) is 28.2 Å². The second kappa shape index (κ2) is 6.42. The number of nitrogens with one attached hydrogen (secondary N) is 1. The van der Waals surface area contributed by atoms with Crippen molar-refractivity contribution in [3.05, 3.63) is 57.5 Å². The Hall–Kier alpha value is -1.03. The number of para-hydroxylation sites is 1. The van der Waals surface area contributed by atoms with Crippen molar-refractivity contribution < 1.29 is 4.74 Å². The molecule has 0 aromatic heterocycles. The quantitative estimate of drug-likeness (QED) is 0.828. The predicted molar refractivity (Wildman–Crippen MR) is 83.1 cm³/mol. The first-order valence-electron chi connectivity index (χ1n) is 6.01. The number of halogens is 2. The summed E-state index contributed by atoms with van der Waals surface area (Å²) in [6.45, 7) is 2.11. The lowest BCUT2D eigenvalue weighted by Gasteiger charge is -2.14. The van der Waals surface area contributed by atoms with Gasteiger partial charge in [0.05, 0.1) is 9.50 Å². The van der Waals surface area contributed by atoms with E-state index in [1.54, 1.807) is 0 Å². The number of hydrogen-bond donors (Lipinski definition) is 1. The van der Waals surface area contributed by atoms with E-state index in [1.165, 1.54) is 5.56 Å². The molecule has 0 bridgehead atoms. The summed E-state index contributed by atoms with van der Waals surface area (Å²) >= 11 is 9.61. The number of rotatable bonds is 4. The van der Waals surface area contributed by atoms with Crippen molar-refractivity contribution >= 4 is 27.5 Å². The van der Waals surface area contributed by atoms with Gasteiger partial charge in [0, 0.05) is 6.04 Å². The van der Waals surface area contributed by atoms with E-state index in [4.69, 9.17) is 16.3 Å². The second-order valence-corrected chi connectivity index (χ2v) is 5.49. The maximum Gasteiger partial charge on any atom is 0.146 e. The van der Waals surface area contributed by atoms with E-state index in [9.17, 15) is 0 Å². The third-order valence-electron chi connectivity index (χ3n) is 2.95. The molecule has 0 heterocycles. The highest BCUT2D eigenvalue weighted by Crippen LogP contribution is 2.34. The molecule has 2 aromatic carbocycles. The van der Waals surface area contributed by atoms with Gasteiger partial charge in [0.15, 0.2) is 0 Å². The van der Waals surface area contributed by atoms with Crippen molar-refractivity contribution in [1.29, 1.82) is 0 Å². The normalized spacial score (nSPS) is 12.2. The summed E-state index contributed by atoms with van der Waals surface area (Å²) in [5.74, 6) is 1.40. The zero-order valence-electron chi connectivity index (χ0n) is 10.8. The van der Waals surface area contributed by atoms with Gasteiger partial charge in [0.2, 0.25) is 0 Å². The van der Waals surface area contributed by atoms with Crippen molar-refractivity contribution in [1.82, 2.24) is 5.32 Å². The first-order chi connectivity index (χ1) is 9.11. The molecule has 0 radical (unpaired) electrons. The Morgan fingerprint density at radius 3 is 2.53 bits per heavy atom. The van der Waals surface area contributed by atoms with Gasteiger partial charge in [-0.3, -0.25) is 0 Å². The zero-order valence-corrected chi connectivity index (χ0v) is 13.1. The van der Waals surface area contributed by atoms with Crippen molar-refractivity contribution in [2.45, 2.75) is 13.0 Å². The average molecular weight is 341 g/mol. The minimum absolute atomic E-state index is 0.297. The van der Waals surface area contributed by atoms with Crippen LogP contribution in [0.15, 0.2) is 46.9 Å². The van der Waals surface area contributed by atoms with E-state index in [0.717, 1.165) is 10.2 Å². The van der Waals surface area contributed by atoms with Crippen LogP contribution in [0.4, 0.5) is 0 Å². The van der Waals surface area contributed by atoms with Gasteiger partial charge in [-0.1, -0.05) is 29.8 Å². The molecule has 0 amide bonds. The van der Waals surface area contributed by atoms with E-state index in [-0.39, 0.29) is 0 Å². The molecule has 2 rings (SSSR count). The summed E-state index contributed by atoms with van der Waals surface area (Å²) in [6.07, 6.45) is 0. The summed E-state index contributed by atoms with van der Waals surface area (Å²) in [6, 6.07) is 13.8. The number of hydrogen-bond acceptors (Lipinski definition) is 2. The van der Waals surface area contributed by atoms with Crippen molar-refractivity contribution in [2.75, 3.05) is 7.05 Å². The third-order valence-corrected chi connectivity index (χ3v) is 3.88. The van der Waals surface area contributed by atoms with Crippen molar-refractivity contribution in [3.8, 4) is 11.5 Å². The van der Waals surface area contributed by atoms with E-state index < -0.39 is 0 Å². The summed E-state index contributed by atoms with van der Waals surface area (Å²) < 4.78 is 6.72. The van der Waals surface area contributed by atoms with Gasteiger partial charge < -0.3 is 10.1 Å². The number of ether oxygens (including phenoxy) is 1. The van der Waals surface area contributed by atoms with E-state index in [1.807, 2.05) is 49.5 Å². The molecule has 0 saturated carbocycles. The fourth-order valence-corrected chi connectivity index (χ4v) is 2.33. The molecular weight excluding hydrogens is 326 g/mol. The van der Waals surface area contributed by atoms with Crippen LogP contribution in [-0.4, -0.2) is 7.05 Å². The first kappa shape index (κ1) is 14.4. The first-order valence-corrected chi connectivity index (χ1v) is 7.18. The van der Waals surface area contributed by atoms with Gasteiger partial charge in [-0.2, -0.15) is 0 Å². The van der Waals surface area contributed by atoms with Crippen LogP contribution in [0.2, 0.25) is 5.02 Å². The highest BCUT2D eigenvalue weighted by Gasteiger charge is 2.09. The fourth-order valence-electron chi connectivity index (χ4n) is 1.68. The summed E-state index contributed by atoms with van der Waals surface area (Å²) in [4.78, 5) is 0. The Labute approximate surface area is 126 Å². The molecule has 2 aromatic rings. The Kier molecular flexibility index (Phi) is 4.86. The Morgan fingerprint density at radius 1 is 1.16 bits per heavy atom. The van der Waals surface area contributed by atoms with Crippen LogP contribution >= 0.6 is 27.5 Å². The molecule has 0 saturated heterocycles. The topological polar surface area (TPSA) is 21.3 Å². The van der Waals surface area contributed by atoms with Crippen LogP contribution < -0.4 is 10.1 Å². The van der Waals surface area contributed by atoms with Gasteiger partial charge in [-0.25, -0.2) is 0 Å². The lowest BCUT2D eigenvalue weighted by Crippen LogP contribution is -2.12. The molecule has 4 heteroatoms. The molecule has 0 aliphatic rings. The van der Waals surface area contributed by atoms with Crippen LogP contribution in [0.25, 0.3) is 0 Å². The lowest BCUT2D eigenvalue weighted by molar-refractivity contribution is 0.479. The van der Waals surface area contributed by atoms with Gasteiger partial charge in [0.25, 0.3) is 0 Å². The van der Waals surface area contributed by atoms with Gasteiger partial charge in [-0.15, -0.1) is 0 Å². The second-order valence-electron chi connectivity index (χ2n) is 4.23. The maximum absolute atomic E-state index is 6.08. The standard InChI is InChI=1S/C15H15BrClNO/c1-10(18-2)11-7-8-14(12(16)9-11)19-15-6-4-3-5-13(15)17/h3-10,18H,1-2H3. The molecular formula is C15H15BrClNO. The highest BCUT2D eigenvalue weighted by molar-refractivity contribution is 9.10. The van der Waals surface area contributed by atoms with Crippen LogP contribution in [0.3, 0.4) is 0 Å². The molecule has 100 valence electrons. The van der Waals surface area contributed by atoms with Gasteiger partial charge >= 0.3 is 0 Å². The van der Waals surface area contributed by atoms with Crippen molar-refractivity contribution in [3.63, 3.8) is 0 Å². The van der Waals surface area contributed by atoms with Crippen LogP contribution in [-0.2, 0) is 0 Å². The summed E-state index contributed by atoms with van der Waals surface area (Å²) in [5, 5.41) is 3.80. The average Bonchev–Trinajstić information content (AvgIpc) is 2.42. The summed E-state index contributed by atoms with van der Waals surface area (Å²) in [7, 11) is 1.94. The Balaban J connectivity index is 2.25. The van der Waals surface area contributed by atoms with Crippen LogP contribution in [0.1, 0.15) is 18.5 Å². The van der Waals surface area contributed by atoms with Crippen molar-refractivity contribution in [2.24, 2.45) is 0 Å². The largest absolute Gasteiger partial charge is 0.455 e. The minimum atomic E-state index is 0.297. The molecule has 1 N–H and O–H groups in total. The SMILES string of the molecule is CNC(C)c1ccc(Oc2ccccc2Cl)c(Br)c1. The molecule has 0 aliphatic heterocycles. The summed E-state index contributed by atoms with van der Waals surface area (Å²) in [5.41, 5.74) is 1.20. The third kappa shape index (κ3) is 3.50. The maximum atomic E-state index is 6.08. The van der Waals surface area contributed by atoms with Crippen LogP contribution in [0, 0.1) is 0 Å².